The maximum absolute atomic E-state index is 12.9. The molecule has 0 atom stereocenters. The molecule has 0 saturated carbocycles. The van der Waals surface area contributed by atoms with E-state index < -0.39 is 0 Å². The number of nitrogens with one attached hydrogen (secondary N) is 1. The Morgan fingerprint density at radius 3 is 2.73 bits per heavy atom. The number of amides is 1. The predicted octanol–water partition coefficient (Wildman–Crippen LogP) is 4.90. The summed E-state index contributed by atoms with van der Waals surface area (Å²) in [6, 6.07) is 16.4. The molecule has 1 N–H and O–H groups in total. The molecule has 1 amide bonds. The minimum atomic E-state index is -0.221. The number of anilines is 1. The van der Waals surface area contributed by atoms with E-state index in [1.54, 1.807) is 35.9 Å². The number of fused-ring (bicyclic) bond motifs is 1. The van der Waals surface area contributed by atoms with Crippen LogP contribution in [-0.2, 0) is 11.8 Å². The van der Waals surface area contributed by atoms with Gasteiger partial charge in [0, 0.05) is 23.4 Å². The highest BCUT2D eigenvalue weighted by Crippen LogP contribution is 2.25. The average Bonchev–Trinajstić information content (AvgIpc) is 3.06. The number of carbonyl (C=O) groups is 1. The van der Waals surface area contributed by atoms with Gasteiger partial charge in [0.1, 0.15) is 4.70 Å². The van der Waals surface area contributed by atoms with Gasteiger partial charge in [-0.1, -0.05) is 59.0 Å². The Labute approximate surface area is 190 Å². The van der Waals surface area contributed by atoms with Crippen molar-refractivity contribution in [1.82, 2.24) is 14.1 Å². The average molecular weight is 475 g/mol. The topological polar surface area (TPSA) is 68.9 Å². The van der Waals surface area contributed by atoms with Crippen LogP contribution in [0.15, 0.2) is 64.5 Å². The van der Waals surface area contributed by atoms with E-state index >= 15 is 0 Å². The number of aromatic nitrogens is 3. The van der Waals surface area contributed by atoms with Gasteiger partial charge in [-0.25, -0.2) is 4.98 Å². The summed E-state index contributed by atoms with van der Waals surface area (Å²) >= 11 is 13.8. The van der Waals surface area contributed by atoms with Crippen molar-refractivity contribution in [1.29, 1.82) is 0 Å². The van der Waals surface area contributed by atoms with Crippen LogP contribution in [0.1, 0.15) is 0 Å². The zero-order chi connectivity index (χ0) is 21.3. The summed E-state index contributed by atoms with van der Waals surface area (Å²) in [5, 5.41) is 3.76. The maximum atomic E-state index is 12.9. The summed E-state index contributed by atoms with van der Waals surface area (Å²) in [6.45, 7) is 0. The lowest BCUT2D eigenvalue weighted by atomic mass is 10.3. The van der Waals surface area contributed by atoms with E-state index in [-0.39, 0.29) is 17.2 Å². The van der Waals surface area contributed by atoms with Crippen molar-refractivity contribution in [2.45, 2.75) is 5.16 Å². The van der Waals surface area contributed by atoms with Crippen LogP contribution >= 0.6 is 46.9 Å². The van der Waals surface area contributed by atoms with Gasteiger partial charge < -0.3 is 5.32 Å². The molecule has 0 fully saturated rings. The van der Waals surface area contributed by atoms with Gasteiger partial charge in [-0.05, 0) is 42.5 Å². The summed E-state index contributed by atoms with van der Waals surface area (Å²) in [7, 11) is 1.64. The number of halogens is 1. The van der Waals surface area contributed by atoms with Crippen LogP contribution in [0.2, 0.25) is 5.02 Å². The molecule has 2 aromatic heterocycles. The van der Waals surface area contributed by atoms with Crippen LogP contribution in [0, 0.1) is 3.95 Å². The van der Waals surface area contributed by atoms with Crippen LogP contribution in [0.25, 0.3) is 16.0 Å². The SMILES string of the molecule is Cn1c(SCC(=O)Nc2cccc(Cl)c2)nc2c(sc(=S)n2-c2ccccc2)c1=O. The van der Waals surface area contributed by atoms with Crippen molar-refractivity contribution in [2.75, 3.05) is 11.1 Å². The lowest BCUT2D eigenvalue weighted by Gasteiger charge is -2.09. The lowest BCUT2D eigenvalue weighted by Crippen LogP contribution is -2.21. The van der Waals surface area contributed by atoms with E-state index in [9.17, 15) is 9.59 Å². The number of rotatable bonds is 5. The van der Waals surface area contributed by atoms with Crippen molar-refractivity contribution in [3.8, 4) is 5.69 Å². The maximum Gasteiger partial charge on any atom is 0.273 e. The molecule has 2 heterocycles. The second-order valence-corrected chi connectivity index (χ2v) is 9.32. The zero-order valence-electron chi connectivity index (χ0n) is 15.7. The predicted molar refractivity (Wildman–Crippen MR) is 126 cm³/mol. The van der Waals surface area contributed by atoms with Crippen LogP contribution in [0.3, 0.4) is 0 Å². The Kier molecular flexibility index (Phi) is 6.05. The summed E-state index contributed by atoms with van der Waals surface area (Å²) in [6.07, 6.45) is 0. The number of thiazole rings is 1. The molecule has 0 bridgehead atoms. The van der Waals surface area contributed by atoms with Crippen LogP contribution in [0.5, 0.6) is 0 Å². The molecule has 0 aliphatic heterocycles. The molecule has 152 valence electrons. The molecule has 2 aromatic carbocycles. The molecule has 30 heavy (non-hydrogen) atoms. The normalized spacial score (nSPS) is 11.0. The minimum Gasteiger partial charge on any atom is -0.325 e. The van der Waals surface area contributed by atoms with Gasteiger partial charge >= 0.3 is 0 Å². The van der Waals surface area contributed by atoms with Crippen molar-refractivity contribution in [3.05, 3.63) is 73.9 Å². The highest BCUT2D eigenvalue weighted by atomic mass is 35.5. The largest absolute Gasteiger partial charge is 0.325 e. The van der Waals surface area contributed by atoms with E-state index in [0.717, 1.165) is 5.69 Å². The van der Waals surface area contributed by atoms with Gasteiger partial charge in [0.2, 0.25) is 5.91 Å². The fraction of sp³-hybridized carbons (Fsp3) is 0.100. The van der Waals surface area contributed by atoms with Gasteiger partial charge in [0.05, 0.1) is 5.75 Å². The smallest absolute Gasteiger partial charge is 0.273 e. The van der Waals surface area contributed by atoms with Crippen molar-refractivity contribution < 1.29 is 4.79 Å². The summed E-state index contributed by atoms with van der Waals surface area (Å²) in [5.41, 5.74) is 1.76. The van der Waals surface area contributed by atoms with Gasteiger partial charge in [0.25, 0.3) is 5.56 Å². The van der Waals surface area contributed by atoms with Crippen molar-refractivity contribution in [2.24, 2.45) is 7.05 Å². The molecule has 0 aliphatic carbocycles. The van der Waals surface area contributed by atoms with Crippen molar-refractivity contribution >= 4 is 68.9 Å². The fourth-order valence-electron chi connectivity index (χ4n) is 2.84. The molecule has 4 rings (SSSR count). The Hall–Kier alpha value is -2.46. The first-order valence-electron chi connectivity index (χ1n) is 8.80. The fourth-order valence-corrected chi connectivity index (χ4v) is 5.14. The van der Waals surface area contributed by atoms with E-state index in [2.05, 4.69) is 10.3 Å². The third-order valence-corrected chi connectivity index (χ3v) is 6.85. The van der Waals surface area contributed by atoms with E-state index in [0.29, 0.717) is 30.2 Å². The molecular weight excluding hydrogens is 460 g/mol. The summed E-state index contributed by atoms with van der Waals surface area (Å²) in [5.74, 6) is -0.129. The van der Waals surface area contributed by atoms with Gasteiger partial charge in [-0.3, -0.25) is 18.7 Å². The van der Waals surface area contributed by atoms with E-state index in [1.165, 1.54) is 27.7 Å². The van der Waals surface area contributed by atoms with Crippen LogP contribution < -0.4 is 10.9 Å². The summed E-state index contributed by atoms with van der Waals surface area (Å²) in [4.78, 5) is 29.9. The lowest BCUT2D eigenvalue weighted by molar-refractivity contribution is -0.113. The van der Waals surface area contributed by atoms with Crippen LogP contribution in [-0.4, -0.2) is 25.8 Å². The molecule has 4 aromatic rings. The van der Waals surface area contributed by atoms with E-state index in [4.69, 9.17) is 23.8 Å². The standard InChI is InChI=1S/C20H15ClN4O2S3/c1-24-18(27)16-17(25(20(28)30-16)14-8-3-2-4-9-14)23-19(24)29-11-15(26)22-13-7-5-6-12(21)10-13/h2-10H,11H2,1H3,(H,22,26). The number of nitrogens with zero attached hydrogens (tertiary/aromatic N) is 3. The molecule has 0 saturated heterocycles. The number of benzene rings is 2. The highest BCUT2D eigenvalue weighted by molar-refractivity contribution is 7.99. The Balaban J connectivity index is 1.64. The third kappa shape index (κ3) is 4.20. The van der Waals surface area contributed by atoms with Gasteiger partial charge in [-0.15, -0.1) is 0 Å². The molecule has 10 heteroatoms. The van der Waals surface area contributed by atoms with Gasteiger partial charge in [0.15, 0.2) is 14.8 Å². The number of carbonyl (C=O) groups excluding carboxylic acids is 1. The highest BCUT2D eigenvalue weighted by Gasteiger charge is 2.17. The summed E-state index contributed by atoms with van der Waals surface area (Å²) < 4.78 is 4.26. The van der Waals surface area contributed by atoms with Crippen molar-refractivity contribution in [3.63, 3.8) is 0 Å². The second kappa shape index (κ2) is 8.73. The molecular formula is C20H15ClN4O2S3. The Morgan fingerprint density at radius 1 is 1.23 bits per heavy atom. The minimum absolute atomic E-state index is 0.0918. The Bertz CT molecular complexity index is 1360. The number of thioether (sulfide) groups is 1. The molecule has 0 radical (unpaired) electrons. The second-order valence-electron chi connectivity index (χ2n) is 6.30. The number of hydrogen-bond acceptors (Lipinski definition) is 6. The Morgan fingerprint density at radius 2 is 2.00 bits per heavy atom. The molecule has 0 aliphatic rings. The number of para-hydroxylation sites is 1. The zero-order valence-corrected chi connectivity index (χ0v) is 18.9. The first kappa shape index (κ1) is 20.8. The first-order chi connectivity index (χ1) is 14.4. The third-order valence-electron chi connectivity index (χ3n) is 4.23. The van der Waals surface area contributed by atoms with E-state index in [1.807, 2.05) is 30.3 Å². The monoisotopic (exact) mass is 474 g/mol. The first-order valence-corrected chi connectivity index (χ1v) is 11.4. The molecule has 0 spiro atoms. The molecule has 6 nitrogen and oxygen atoms in total. The quantitative estimate of drug-likeness (QED) is 0.253. The number of hydrogen-bond donors (Lipinski definition) is 1. The molecule has 0 unspecified atom stereocenters. The van der Waals surface area contributed by atoms with Crippen LogP contribution in [0.4, 0.5) is 5.69 Å². The van der Waals surface area contributed by atoms with Gasteiger partial charge in [-0.2, -0.15) is 0 Å².